The van der Waals surface area contributed by atoms with Gasteiger partial charge in [-0.15, -0.1) is 11.6 Å². The molecule has 0 bridgehead atoms. The fourth-order valence-electron chi connectivity index (χ4n) is 3.09. The average molecular weight is 274 g/mol. The van der Waals surface area contributed by atoms with Crippen LogP contribution in [0.2, 0.25) is 0 Å². The molecule has 3 unspecified atom stereocenters. The Morgan fingerprint density at radius 2 is 2.17 bits per heavy atom. The van der Waals surface area contributed by atoms with E-state index >= 15 is 0 Å². The van der Waals surface area contributed by atoms with Gasteiger partial charge in [0.2, 0.25) is 5.91 Å². The number of ether oxygens (including phenoxy) is 1. The molecule has 2 aliphatic rings. The molecule has 2 saturated heterocycles. The zero-order valence-electron chi connectivity index (χ0n) is 11.2. The summed E-state index contributed by atoms with van der Waals surface area (Å²) in [5.74, 6) is 1.37. The zero-order chi connectivity index (χ0) is 13.0. The molecule has 3 atom stereocenters. The Kier molecular flexibility index (Phi) is 5.31. The van der Waals surface area contributed by atoms with Gasteiger partial charge in [0.25, 0.3) is 0 Å². The first-order chi connectivity index (χ1) is 8.74. The maximum Gasteiger partial charge on any atom is 0.226 e. The molecule has 0 radical (unpaired) electrons. The Bertz CT molecular complexity index is 285. The predicted molar refractivity (Wildman–Crippen MR) is 72.8 cm³/mol. The van der Waals surface area contributed by atoms with Crippen molar-refractivity contribution in [1.29, 1.82) is 0 Å². The van der Waals surface area contributed by atoms with Crippen LogP contribution in [-0.4, -0.2) is 42.5 Å². The van der Waals surface area contributed by atoms with E-state index in [4.69, 9.17) is 16.3 Å². The molecule has 2 aliphatic heterocycles. The van der Waals surface area contributed by atoms with Crippen LogP contribution in [0.3, 0.4) is 0 Å². The number of carbonyl (C=O) groups is 1. The minimum absolute atomic E-state index is 0.141. The number of alkyl halides is 1. The lowest BCUT2D eigenvalue weighted by Gasteiger charge is -2.36. The van der Waals surface area contributed by atoms with Gasteiger partial charge < -0.3 is 9.64 Å². The summed E-state index contributed by atoms with van der Waals surface area (Å²) >= 11 is 6.05. The Morgan fingerprint density at radius 3 is 2.89 bits per heavy atom. The summed E-state index contributed by atoms with van der Waals surface area (Å²) in [6.07, 6.45) is 5.47. The summed E-state index contributed by atoms with van der Waals surface area (Å²) in [7, 11) is 0. The van der Waals surface area contributed by atoms with E-state index in [2.05, 4.69) is 11.8 Å². The van der Waals surface area contributed by atoms with Crippen molar-refractivity contribution in [2.45, 2.75) is 45.1 Å². The van der Waals surface area contributed by atoms with Crippen molar-refractivity contribution >= 4 is 17.5 Å². The minimum atomic E-state index is 0.141. The molecule has 2 fully saturated rings. The summed E-state index contributed by atoms with van der Waals surface area (Å²) in [4.78, 5) is 14.8. The Labute approximate surface area is 115 Å². The van der Waals surface area contributed by atoms with Crippen LogP contribution < -0.4 is 0 Å². The molecule has 0 aromatic carbocycles. The number of rotatable bonds is 2. The predicted octanol–water partition coefficient (Wildman–Crippen LogP) is 2.67. The summed E-state index contributed by atoms with van der Waals surface area (Å²) in [6, 6.07) is 0.247. The number of halogens is 1. The second kappa shape index (κ2) is 6.76. The number of hydrogen-bond donors (Lipinski definition) is 0. The van der Waals surface area contributed by atoms with Gasteiger partial charge in [0, 0.05) is 37.6 Å². The average Bonchev–Trinajstić information content (AvgIpc) is 2.63. The Balaban J connectivity index is 2.04. The van der Waals surface area contributed by atoms with Crippen molar-refractivity contribution in [3.05, 3.63) is 0 Å². The summed E-state index contributed by atoms with van der Waals surface area (Å²) in [5.41, 5.74) is 0. The molecular formula is C14H24ClNO2. The van der Waals surface area contributed by atoms with E-state index in [1.165, 1.54) is 12.8 Å². The van der Waals surface area contributed by atoms with Gasteiger partial charge in [-0.25, -0.2) is 0 Å². The number of nitrogens with zero attached hydrogens (tertiary/aromatic N) is 1. The third kappa shape index (κ3) is 3.18. The molecule has 0 aliphatic carbocycles. The van der Waals surface area contributed by atoms with Crippen LogP contribution in [0.4, 0.5) is 0 Å². The third-order valence-electron chi connectivity index (χ3n) is 4.30. The lowest BCUT2D eigenvalue weighted by molar-refractivity contribution is -0.143. The molecule has 0 aromatic heterocycles. The molecule has 0 spiro atoms. The van der Waals surface area contributed by atoms with Gasteiger partial charge in [0.15, 0.2) is 0 Å². The van der Waals surface area contributed by atoms with E-state index in [1.54, 1.807) is 0 Å². The van der Waals surface area contributed by atoms with Gasteiger partial charge in [-0.1, -0.05) is 19.8 Å². The number of carbonyl (C=O) groups excluding carboxylic acids is 1. The number of amides is 1. The molecule has 4 heteroatoms. The highest BCUT2D eigenvalue weighted by atomic mass is 35.5. The van der Waals surface area contributed by atoms with E-state index in [-0.39, 0.29) is 12.0 Å². The molecule has 2 heterocycles. The van der Waals surface area contributed by atoms with Gasteiger partial charge in [-0.05, 0) is 25.2 Å². The molecule has 0 aromatic rings. The van der Waals surface area contributed by atoms with E-state index in [0.717, 1.165) is 39.0 Å². The van der Waals surface area contributed by atoms with Gasteiger partial charge >= 0.3 is 0 Å². The fraction of sp³-hybridized carbons (Fsp3) is 0.929. The van der Waals surface area contributed by atoms with Gasteiger partial charge in [0.05, 0.1) is 0 Å². The van der Waals surface area contributed by atoms with Crippen LogP contribution in [0.1, 0.15) is 39.0 Å². The first-order valence-electron chi connectivity index (χ1n) is 7.18. The molecule has 104 valence electrons. The quantitative estimate of drug-likeness (QED) is 0.724. The van der Waals surface area contributed by atoms with Crippen molar-refractivity contribution in [3.63, 3.8) is 0 Å². The maximum absolute atomic E-state index is 12.7. The summed E-state index contributed by atoms with van der Waals surface area (Å²) in [5, 5.41) is 0. The van der Waals surface area contributed by atoms with E-state index in [1.807, 2.05) is 0 Å². The van der Waals surface area contributed by atoms with Crippen molar-refractivity contribution in [2.24, 2.45) is 11.8 Å². The van der Waals surface area contributed by atoms with E-state index < -0.39 is 0 Å². The van der Waals surface area contributed by atoms with Crippen LogP contribution in [0, 0.1) is 11.8 Å². The molecule has 18 heavy (non-hydrogen) atoms. The highest BCUT2D eigenvalue weighted by molar-refractivity contribution is 6.18. The van der Waals surface area contributed by atoms with E-state index in [9.17, 15) is 4.79 Å². The van der Waals surface area contributed by atoms with Crippen molar-refractivity contribution in [2.75, 3.05) is 25.6 Å². The Morgan fingerprint density at radius 1 is 1.33 bits per heavy atom. The second-order valence-corrected chi connectivity index (χ2v) is 5.95. The van der Waals surface area contributed by atoms with Crippen LogP contribution >= 0.6 is 11.6 Å². The van der Waals surface area contributed by atoms with Crippen LogP contribution in [0.5, 0.6) is 0 Å². The Hall–Kier alpha value is -0.280. The monoisotopic (exact) mass is 273 g/mol. The van der Waals surface area contributed by atoms with Crippen molar-refractivity contribution in [3.8, 4) is 0 Å². The molecular weight excluding hydrogens is 250 g/mol. The smallest absolute Gasteiger partial charge is 0.226 e. The fourth-order valence-corrected chi connectivity index (χ4v) is 3.41. The molecule has 0 saturated carbocycles. The largest absolute Gasteiger partial charge is 0.381 e. The minimum Gasteiger partial charge on any atom is -0.381 e. The second-order valence-electron chi connectivity index (χ2n) is 5.64. The van der Waals surface area contributed by atoms with Gasteiger partial charge in [-0.2, -0.15) is 0 Å². The van der Waals surface area contributed by atoms with Crippen LogP contribution in [-0.2, 0) is 9.53 Å². The highest BCUT2D eigenvalue weighted by Crippen LogP contribution is 2.27. The van der Waals surface area contributed by atoms with Gasteiger partial charge in [0.1, 0.15) is 0 Å². The summed E-state index contributed by atoms with van der Waals surface area (Å²) in [6.45, 7) is 4.45. The standard InChI is InChI=1S/C14H24ClNO2/c1-11-10-18-8-6-13(11)14(17)16-7-4-2-3-5-12(16)9-15/h11-13H,2-10H2,1H3. The van der Waals surface area contributed by atoms with Crippen LogP contribution in [0.15, 0.2) is 0 Å². The zero-order valence-corrected chi connectivity index (χ0v) is 12.0. The molecule has 0 N–H and O–H groups in total. The third-order valence-corrected chi connectivity index (χ3v) is 4.65. The first-order valence-corrected chi connectivity index (χ1v) is 7.71. The van der Waals surface area contributed by atoms with Crippen molar-refractivity contribution < 1.29 is 9.53 Å². The number of hydrogen-bond acceptors (Lipinski definition) is 2. The maximum atomic E-state index is 12.7. The SMILES string of the molecule is CC1COCCC1C(=O)N1CCCCCC1CCl. The number of likely N-dealkylation sites (tertiary alicyclic amines) is 1. The summed E-state index contributed by atoms with van der Waals surface area (Å²) < 4.78 is 5.43. The van der Waals surface area contributed by atoms with Crippen LogP contribution in [0.25, 0.3) is 0 Å². The molecule has 3 nitrogen and oxygen atoms in total. The lowest BCUT2D eigenvalue weighted by Crippen LogP contribution is -2.47. The normalized spacial score (nSPS) is 34.1. The van der Waals surface area contributed by atoms with Crippen molar-refractivity contribution in [1.82, 2.24) is 4.90 Å². The molecule has 1 amide bonds. The highest BCUT2D eigenvalue weighted by Gasteiger charge is 2.34. The topological polar surface area (TPSA) is 29.5 Å². The first kappa shape index (κ1) is 14.1. The lowest BCUT2D eigenvalue weighted by atomic mass is 9.88. The van der Waals surface area contributed by atoms with E-state index in [0.29, 0.717) is 17.7 Å². The van der Waals surface area contributed by atoms with Gasteiger partial charge in [-0.3, -0.25) is 4.79 Å². The molecule has 2 rings (SSSR count).